The van der Waals surface area contributed by atoms with E-state index in [1.54, 1.807) is 0 Å². The molecule has 0 spiro atoms. The highest BCUT2D eigenvalue weighted by Crippen LogP contribution is 2.18. The molecule has 0 fully saturated rings. The van der Waals surface area contributed by atoms with E-state index in [0.717, 1.165) is 6.08 Å². The molecule has 0 heterocycles. The third-order valence-corrected chi connectivity index (χ3v) is 1.79. The summed E-state index contributed by atoms with van der Waals surface area (Å²) in [5, 5.41) is 11.4. The number of nitrogens with one attached hydrogen (secondary N) is 1. The van der Waals surface area contributed by atoms with Crippen LogP contribution in [0.5, 0.6) is 0 Å². The second-order valence-corrected chi connectivity index (χ2v) is 2.93. The minimum atomic E-state index is -1.03. The van der Waals surface area contributed by atoms with Crippen LogP contribution < -0.4 is 5.32 Å². The summed E-state index contributed by atoms with van der Waals surface area (Å²) in [6.07, 6.45) is 2.45. The van der Waals surface area contributed by atoms with Crippen LogP contribution in [0.1, 0.15) is 12.5 Å². The van der Waals surface area contributed by atoms with Crippen molar-refractivity contribution in [3.8, 4) is 0 Å². The van der Waals surface area contributed by atoms with Crippen molar-refractivity contribution < 1.29 is 14.3 Å². The first-order valence-corrected chi connectivity index (χ1v) is 4.58. The Labute approximate surface area is 87.2 Å². The molecule has 0 aromatic heterocycles. The van der Waals surface area contributed by atoms with E-state index >= 15 is 0 Å². The Hall–Kier alpha value is -1.84. The maximum atomic E-state index is 12.9. The van der Waals surface area contributed by atoms with Gasteiger partial charge in [-0.15, -0.1) is 0 Å². The predicted molar refractivity (Wildman–Crippen MR) is 57.2 cm³/mol. The molecular formula is C11H12FNO2. The maximum Gasteiger partial charge on any atom is 0.328 e. The van der Waals surface area contributed by atoms with E-state index in [-0.39, 0.29) is 5.82 Å². The monoisotopic (exact) mass is 209 g/mol. The zero-order chi connectivity index (χ0) is 11.3. The molecule has 1 rings (SSSR count). The Bertz CT molecular complexity index is 388. The molecule has 0 atom stereocenters. The Kier molecular flexibility index (Phi) is 3.85. The van der Waals surface area contributed by atoms with Gasteiger partial charge in [-0.3, -0.25) is 0 Å². The smallest absolute Gasteiger partial charge is 0.328 e. The molecule has 0 aliphatic rings. The van der Waals surface area contributed by atoms with Crippen molar-refractivity contribution in [2.45, 2.75) is 6.92 Å². The first-order chi connectivity index (χ1) is 7.13. The van der Waals surface area contributed by atoms with E-state index in [1.807, 2.05) is 6.92 Å². The molecule has 0 saturated carbocycles. The van der Waals surface area contributed by atoms with E-state index in [2.05, 4.69) is 5.32 Å². The lowest BCUT2D eigenvalue weighted by molar-refractivity contribution is -0.131. The fourth-order valence-corrected chi connectivity index (χ4v) is 1.18. The Morgan fingerprint density at radius 3 is 2.93 bits per heavy atom. The number of carboxylic acid groups (broad SMARTS) is 1. The molecule has 1 aromatic rings. The van der Waals surface area contributed by atoms with Crippen LogP contribution in [-0.4, -0.2) is 17.6 Å². The van der Waals surface area contributed by atoms with Crippen LogP contribution in [0.3, 0.4) is 0 Å². The van der Waals surface area contributed by atoms with Gasteiger partial charge < -0.3 is 10.4 Å². The summed E-state index contributed by atoms with van der Waals surface area (Å²) in [5.41, 5.74) is 1.25. The van der Waals surface area contributed by atoms with Gasteiger partial charge in [0, 0.05) is 18.3 Å². The lowest BCUT2D eigenvalue weighted by Gasteiger charge is -2.07. The third kappa shape index (κ3) is 3.42. The van der Waals surface area contributed by atoms with E-state index in [9.17, 15) is 9.18 Å². The molecule has 2 N–H and O–H groups in total. The van der Waals surface area contributed by atoms with Crippen molar-refractivity contribution >= 4 is 17.7 Å². The second-order valence-electron chi connectivity index (χ2n) is 2.93. The van der Waals surface area contributed by atoms with Crippen molar-refractivity contribution in [2.75, 3.05) is 11.9 Å². The van der Waals surface area contributed by atoms with Crippen LogP contribution in [0, 0.1) is 5.82 Å². The number of carboxylic acids is 1. The lowest BCUT2D eigenvalue weighted by Crippen LogP contribution is -1.99. The zero-order valence-corrected chi connectivity index (χ0v) is 8.33. The van der Waals surface area contributed by atoms with Gasteiger partial charge in [-0.1, -0.05) is 0 Å². The minimum Gasteiger partial charge on any atom is -0.478 e. The normalized spacial score (nSPS) is 10.5. The number of halogens is 1. The molecule has 0 radical (unpaired) electrons. The summed E-state index contributed by atoms with van der Waals surface area (Å²) in [6.45, 7) is 2.53. The highest BCUT2D eigenvalue weighted by atomic mass is 19.1. The highest BCUT2D eigenvalue weighted by Gasteiger charge is 2.00. The van der Waals surface area contributed by atoms with Gasteiger partial charge in [0.1, 0.15) is 5.82 Å². The summed E-state index contributed by atoms with van der Waals surface area (Å²) in [6, 6.07) is 4.17. The molecule has 0 aliphatic heterocycles. The van der Waals surface area contributed by atoms with E-state index in [4.69, 9.17) is 5.11 Å². The van der Waals surface area contributed by atoms with Gasteiger partial charge in [0.2, 0.25) is 0 Å². The van der Waals surface area contributed by atoms with Gasteiger partial charge in [-0.05, 0) is 36.8 Å². The van der Waals surface area contributed by atoms with Gasteiger partial charge in [0.15, 0.2) is 0 Å². The maximum absolute atomic E-state index is 12.9. The van der Waals surface area contributed by atoms with E-state index in [1.165, 1.54) is 24.3 Å². The van der Waals surface area contributed by atoms with Crippen molar-refractivity contribution in [3.63, 3.8) is 0 Å². The topological polar surface area (TPSA) is 49.3 Å². The second kappa shape index (κ2) is 5.14. The third-order valence-electron chi connectivity index (χ3n) is 1.79. The summed E-state index contributed by atoms with van der Waals surface area (Å²) >= 11 is 0. The molecule has 4 heteroatoms. The number of hydrogen-bond donors (Lipinski definition) is 2. The highest BCUT2D eigenvalue weighted by molar-refractivity contribution is 5.86. The van der Waals surface area contributed by atoms with Crippen LogP contribution in [0.4, 0.5) is 10.1 Å². The zero-order valence-electron chi connectivity index (χ0n) is 8.33. The Morgan fingerprint density at radius 2 is 2.33 bits per heavy atom. The minimum absolute atomic E-state index is 0.349. The van der Waals surface area contributed by atoms with Gasteiger partial charge in [-0.25, -0.2) is 9.18 Å². The van der Waals surface area contributed by atoms with Crippen molar-refractivity contribution in [1.29, 1.82) is 0 Å². The van der Waals surface area contributed by atoms with Gasteiger partial charge >= 0.3 is 5.97 Å². The largest absolute Gasteiger partial charge is 0.478 e. The van der Waals surface area contributed by atoms with Gasteiger partial charge in [0.05, 0.1) is 0 Å². The molecule has 0 bridgehead atoms. The molecule has 0 saturated heterocycles. The molecule has 3 nitrogen and oxygen atoms in total. The molecule has 0 amide bonds. The average molecular weight is 209 g/mol. The van der Waals surface area contributed by atoms with Crippen LogP contribution in [0.25, 0.3) is 6.08 Å². The van der Waals surface area contributed by atoms with Crippen molar-refractivity contribution in [1.82, 2.24) is 0 Å². The number of anilines is 1. The van der Waals surface area contributed by atoms with E-state index < -0.39 is 5.97 Å². The standard InChI is InChI=1S/C11H12FNO2/c1-2-13-10-7-9(12)5-3-8(10)4-6-11(14)15/h3-7,13H,2H2,1H3,(H,14,15)/b6-4+. The molecule has 0 aliphatic carbocycles. The number of hydrogen-bond acceptors (Lipinski definition) is 2. The summed E-state index contributed by atoms with van der Waals surface area (Å²) in [5.74, 6) is -1.37. The molecule has 1 aromatic carbocycles. The van der Waals surface area contributed by atoms with Crippen LogP contribution in [-0.2, 0) is 4.79 Å². The summed E-state index contributed by atoms with van der Waals surface area (Å²) in [4.78, 5) is 10.3. The first-order valence-electron chi connectivity index (χ1n) is 4.58. The SMILES string of the molecule is CCNc1cc(F)ccc1/C=C/C(=O)O. The van der Waals surface area contributed by atoms with Crippen LogP contribution in [0.2, 0.25) is 0 Å². The fourth-order valence-electron chi connectivity index (χ4n) is 1.18. The van der Waals surface area contributed by atoms with Crippen LogP contribution >= 0.6 is 0 Å². The number of rotatable bonds is 4. The average Bonchev–Trinajstić information content (AvgIpc) is 2.17. The molecular weight excluding hydrogens is 197 g/mol. The summed E-state index contributed by atoms with van der Waals surface area (Å²) < 4.78 is 12.9. The fraction of sp³-hybridized carbons (Fsp3) is 0.182. The van der Waals surface area contributed by atoms with E-state index in [0.29, 0.717) is 17.8 Å². The summed E-state index contributed by atoms with van der Waals surface area (Å²) in [7, 11) is 0. The van der Waals surface area contributed by atoms with Crippen molar-refractivity contribution in [3.05, 3.63) is 35.7 Å². The molecule has 0 unspecified atom stereocenters. The molecule has 15 heavy (non-hydrogen) atoms. The number of aliphatic carboxylic acids is 1. The van der Waals surface area contributed by atoms with Gasteiger partial charge in [-0.2, -0.15) is 0 Å². The first kappa shape index (κ1) is 11.2. The van der Waals surface area contributed by atoms with Crippen LogP contribution in [0.15, 0.2) is 24.3 Å². The Morgan fingerprint density at radius 1 is 1.60 bits per heavy atom. The van der Waals surface area contributed by atoms with Crippen molar-refractivity contribution in [2.24, 2.45) is 0 Å². The quantitative estimate of drug-likeness (QED) is 0.748. The van der Waals surface area contributed by atoms with Gasteiger partial charge in [0.25, 0.3) is 0 Å². The number of carbonyl (C=O) groups is 1. The lowest BCUT2D eigenvalue weighted by atomic mass is 10.1. The molecule has 80 valence electrons. The predicted octanol–water partition coefficient (Wildman–Crippen LogP) is 2.36. The number of benzene rings is 1. The Balaban J connectivity index is 3.00.